The molecule has 0 spiro atoms. The number of pyridine rings is 1. The van der Waals surface area contributed by atoms with Gasteiger partial charge in [-0.1, -0.05) is 17.7 Å². The second-order valence-corrected chi connectivity index (χ2v) is 11.3. The Balaban J connectivity index is 1.43. The number of fused-ring (bicyclic) bond motifs is 4. The first-order chi connectivity index (χ1) is 18.4. The molecule has 2 bridgehead atoms. The number of hydrogen-bond donors (Lipinski definition) is 2. The summed E-state index contributed by atoms with van der Waals surface area (Å²) in [5, 5.41) is 15.6. The number of anilines is 2. The maximum atomic E-state index is 16.6. The molecule has 0 radical (unpaired) electrons. The van der Waals surface area contributed by atoms with Crippen LogP contribution in [0.25, 0.3) is 32.9 Å². The van der Waals surface area contributed by atoms with E-state index >= 15 is 4.39 Å². The molecule has 0 saturated carbocycles. The van der Waals surface area contributed by atoms with Gasteiger partial charge in [-0.2, -0.15) is 4.98 Å². The van der Waals surface area contributed by atoms with Gasteiger partial charge in [0.25, 0.3) is 0 Å². The molecule has 0 unspecified atom stereocenters. The Kier molecular flexibility index (Phi) is 5.58. The summed E-state index contributed by atoms with van der Waals surface area (Å²) in [6, 6.07) is 9.71. The van der Waals surface area contributed by atoms with Crippen LogP contribution >= 0.6 is 11.6 Å². The van der Waals surface area contributed by atoms with Crippen LogP contribution in [-0.4, -0.2) is 83.4 Å². The van der Waals surface area contributed by atoms with Crippen molar-refractivity contribution in [1.29, 1.82) is 0 Å². The molecule has 7 rings (SSSR count). The SMILES string of the molecule is CN(C)C1CN(c2nc(N3C[C@H]4CC[C@@H](C3)N4)c3cc(Cl)c(-c4cc(O)cc5cccnc45)c(F)c3n2)C1. The number of aromatic hydroxyl groups is 1. The minimum absolute atomic E-state index is 0.0201. The highest BCUT2D eigenvalue weighted by Crippen LogP contribution is 2.42. The van der Waals surface area contributed by atoms with Gasteiger partial charge in [0.15, 0.2) is 5.82 Å². The second kappa shape index (κ2) is 8.90. The molecule has 8 nitrogen and oxygen atoms in total. The summed E-state index contributed by atoms with van der Waals surface area (Å²) >= 11 is 6.82. The van der Waals surface area contributed by atoms with Crippen molar-refractivity contribution in [1.82, 2.24) is 25.2 Å². The Morgan fingerprint density at radius 3 is 2.53 bits per heavy atom. The average molecular weight is 534 g/mol. The quantitative estimate of drug-likeness (QED) is 0.407. The Morgan fingerprint density at radius 1 is 1.03 bits per heavy atom. The summed E-state index contributed by atoms with van der Waals surface area (Å²) in [5.74, 6) is 0.745. The van der Waals surface area contributed by atoms with Crippen LogP contribution in [-0.2, 0) is 0 Å². The highest BCUT2D eigenvalue weighted by molar-refractivity contribution is 6.35. The molecular weight excluding hydrogens is 505 g/mol. The molecule has 3 aliphatic rings. The molecule has 2 aromatic heterocycles. The third-order valence-electron chi connectivity index (χ3n) is 8.20. The van der Waals surface area contributed by atoms with Crippen LogP contribution in [0.3, 0.4) is 0 Å². The predicted octanol–water partition coefficient (Wildman–Crippen LogP) is 4.03. The lowest BCUT2D eigenvalue weighted by molar-refractivity contribution is 0.245. The molecule has 0 amide bonds. The van der Waals surface area contributed by atoms with Crippen molar-refractivity contribution in [2.45, 2.75) is 31.0 Å². The Hall–Kier alpha value is -3.27. The molecule has 4 aromatic rings. The molecule has 2 aromatic carbocycles. The average Bonchev–Trinajstić information content (AvgIpc) is 3.20. The monoisotopic (exact) mass is 533 g/mol. The Bertz CT molecular complexity index is 1560. The van der Waals surface area contributed by atoms with Crippen LogP contribution in [0, 0.1) is 5.82 Å². The second-order valence-electron chi connectivity index (χ2n) is 10.9. The molecule has 38 heavy (non-hydrogen) atoms. The first-order valence-electron chi connectivity index (χ1n) is 13.1. The molecule has 2 N–H and O–H groups in total. The van der Waals surface area contributed by atoms with Gasteiger partial charge in [-0.3, -0.25) is 4.98 Å². The summed E-state index contributed by atoms with van der Waals surface area (Å²) in [5.41, 5.74) is 1.42. The fraction of sp³-hybridized carbons (Fsp3) is 0.393. The van der Waals surface area contributed by atoms with Crippen molar-refractivity contribution in [2.24, 2.45) is 0 Å². The number of aromatic nitrogens is 3. The zero-order chi connectivity index (χ0) is 26.1. The van der Waals surface area contributed by atoms with Gasteiger partial charge in [0.1, 0.15) is 17.1 Å². The smallest absolute Gasteiger partial charge is 0.228 e. The minimum Gasteiger partial charge on any atom is -0.508 e. The largest absolute Gasteiger partial charge is 0.508 e. The molecule has 5 heterocycles. The number of nitrogens with zero attached hydrogens (tertiary/aromatic N) is 6. The first kappa shape index (κ1) is 23.8. The number of rotatable bonds is 4. The fourth-order valence-electron chi connectivity index (χ4n) is 6.08. The van der Waals surface area contributed by atoms with Crippen LogP contribution in [0.2, 0.25) is 5.02 Å². The van der Waals surface area contributed by atoms with Gasteiger partial charge in [0.05, 0.1) is 10.5 Å². The molecule has 0 aliphatic carbocycles. The summed E-state index contributed by atoms with van der Waals surface area (Å²) in [7, 11) is 4.12. The summed E-state index contributed by atoms with van der Waals surface area (Å²) in [4.78, 5) is 20.8. The molecule has 2 atom stereocenters. The van der Waals surface area contributed by atoms with E-state index < -0.39 is 5.82 Å². The number of piperazine rings is 1. The van der Waals surface area contributed by atoms with Crippen molar-refractivity contribution in [3.63, 3.8) is 0 Å². The van der Waals surface area contributed by atoms with Gasteiger partial charge in [-0.25, -0.2) is 9.37 Å². The zero-order valence-electron chi connectivity index (χ0n) is 21.3. The van der Waals surface area contributed by atoms with Gasteiger partial charge >= 0.3 is 0 Å². The Labute approximate surface area is 225 Å². The third kappa shape index (κ3) is 3.83. The minimum atomic E-state index is -0.530. The van der Waals surface area contributed by atoms with E-state index in [0.717, 1.165) is 44.8 Å². The van der Waals surface area contributed by atoms with E-state index in [1.165, 1.54) is 6.07 Å². The lowest BCUT2D eigenvalue weighted by atomic mass is 9.99. The standard InChI is InChI=1S/C28H29ClFN7O/c1-35(2)18-13-37(14-18)28-33-26-21(27(34-28)36-11-16-5-6-17(12-36)32-16)10-22(29)23(24(26)30)20-9-19(38)8-15-4-3-7-31-25(15)20/h3-4,7-10,16-18,32,38H,5-6,11-14H2,1-2H3/t16-,17+. The topological polar surface area (TPSA) is 80.7 Å². The molecule has 196 valence electrons. The molecular formula is C28H29ClFN7O. The van der Waals surface area contributed by atoms with Crippen LogP contribution in [0.15, 0.2) is 36.5 Å². The lowest BCUT2D eigenvalue weighted by Gasteiger charge is -2.43. The zero-order valence-corrected chi connectivity index (χ0v) is 22.1. The number of halogens is 2. The van der Waals surface area contributed by atoms with Gasteiger partial charge in [0.2, 0.25) is 5.95 Å². The van der Waals surface area contributed by atoms with Crippen molar-refractivity contribution in [3.8, 4) is 16.9 Å². The number of likely N-dealkylation sites (N-methyl/N-ethyl adjacent to an activating group) is 1. The number of benzene rings is 2. The molecule has 3 saturated heterocycles. The summed E-state index contributed by atoms with van der Waals surface area (Å²) in [6.07, 6.45) is 3.91. The van der Waals surface area contributed by atoms with Gasteiger partial charge in [0, 0.05) is 72.4 Å². The van der Waals surface area contributed by atoms with Crippen LogP contribution < -0.4 is 15.1 Å². The van der Waals surface area contributed by atoms with Crippen LogP contribution in [0.5, 0.6) is 5.75 Å². The maximum Gasteiger partial charge on any atom is 0.228 e. The van der Waals surface area contributed by atoms with E-state index in [1.807, 2.05) is 6.07 Å². The first-order valence-corrected chi connectivity index (χ1v) is 13.4. The van der Waals surface area contributed by atoms with E-state index in [2.05, 4.69) is 39.1 Å². The van der Waals surface area contributed by atoms with Crippen molar-refractivity contribution < 1.29 is 9.50 Å². The number of phenolic OH excluding ortho intramolecular Hbond substituents is 1. The number of phenols is 1. The van der Waals surface area contributed by atoms with Gasteiger partial charge in [-0.15, -0.1) is 0 Å². The number of hydrogen-bond acceptors (Lipinski definition) is 8. The van der Waals surface area contributed by atoms with Gasteiger partial charge < -0.3 is 25.1 Å². The molecule has 3 aliphatic heterocycles. The summed E-state index contributed by atoms with van der Waals surface area (Å²) < 4.78 is 16.6. The maximum absolute atomic E-state index is 16.6. The van der Waals surface area contributed by atoms with Crippen LogP contribution in [0.1, 0.15) is 12.8 Å². The molecule has 10 heteroatoms. The van der Waals surface area contributed by atoms with Crippen LogP contribution in [0.4, 0.5) is 16.2 Å². The van der Waals surface area contributed by atoms with Crippen molar-refractivity contribution in [3.05, 3.63) is 47.4 Å². The van der Waals surface area contributed by atoms with Crippen molar-refractivity contribution in [2.75, 3.05) is 50.1 Å². The Morgan fingerprint density at radius 2 is 1.79 bits per heavy atom. The van der Waals surface area contributed by atoms with E-state index in [0.29, 0.717) is 45.9 Å². The summed E-state index contributed by atoms with van der Waals surface area (Å²) in [6.45, 7) is 3.19. The van der Waals surface area contributed by atoms with E-state index in [4.69, 9.17) is 21.6 Å². The third-order valence-corrected chi connectivity index (χ3v) is 8.50. The fourth-order valence-corrected chi connectivity index (χ4v) is 6.37. The highest BCUT2D eigenvalue weighted by Gasteiger charge is 2.36. The van der Waals surface area contributed by atoms with E-state index in [9.17, 15) is 5.11 Å². The van der Waals surface area contributed by atoms with Gasteiger partial charge in [-0.05, 0) is 51.2 Å². The predicted molar refractivity (Wildman–Crippen MR) is 149 cm³/mol. The lowest BCUT2D eigenvalue weighted by Crippen LogP contribution is -2.58. The van der Waals surface area contributed by atoms with Crippen molar-refractivity contribution >= 4 is 45.2 Å². The number of nitrogens with one attached hydrogen (secondary N) is 1. The van der Waals surface area contributed by atoms with E-state index in [-0.39, 0.29) is 21.9 Å². The highest BCUT2D eigenvalue weighted by atomic mass is 35.5. The normalized spacial score (nSPS) is 21.6. The van der Waals surface area contributed by atoms with E-state index in [1.54, 1.807) is 24.4 Å². The molecule has 3 fully saturated rings.